The number of amides is 1. The van der Waals surface area contributed by atoms with Crippen LogP contribution in [0.5, 0.6) is 0 Å². The number of aromatic nitrogens is 3. The van der Waals surface area contributed by atoms with Crippen molar-refractivity contribution in [3.05, 3.63) is 35.7 Å². The van der Waals surface area contributed by atoms with Crippen LogP contribution in [0.1, 0.15) is 35.0 Å². The topological polar surface area (TPSA) is 67.4 Å². The lowest BCUT2D eigenvalue weighted by Gasteiger charge is -2.40. The molecule has 3 rings (SSSR count). The van der Waals surface area contributed by atoms with E-state index >= 15 is 0 Å². The number of hydrogen-bond acceptors (Lipinski definition) is 5. The van der Waals surface area contributed by atoms with Crippen LogP contribution >= 0.6 is 0 Å². The van der Waals surface area contributed by atoms with Crippen molar-refractivity contribution in [3.8, 4) is 0 Å². The highest BCUT2D eigenvalue weighted by atomic mass is 16.5. The van der Waals surface area contributed by atoms with Gasteiger partial charge in [-0.2, -0.15) is 0 Å². The first-order valence-electron chi connectivity index (χ1n) is 7.54. The molecule has 22 heavy (non-hydrogen) atoms. The molecule has 0 saturated carbocycles. The lowest BCUT2D eigenvalue weighted by atomic mass is 10.1. The molecule has 1 fully saturated rings. The molecule has 7 heteroatoms. The van der Waals surface area contributed by atoms with E-state index in [9.17, 15) is 4.79 Å². The van der Waals surface area contributed by atoms with Crippen LogP contribution in [0, 0.1) is 6.92 Å². The highest BCUT2D eigenvalue weighted by molar-refractivity contribution is 5.92. The Morgan fingerprint density at radius 3 is 2.86 bits per heavy atom. The Labute approximate surface area is 129 Å². The molecule has 1 aliphatic heterocycles. The number of carbonyl (C=O) groups is 1. The highest BCUT2D eigenvalue weighted by Gasteiger charge is 2.33. The largest absolute Gasteiger partial charge is 0.361 e. The predicted molar refractivity (Wildman–Crippen MR) is 80.3 cm³/mol. The van der Waals surface area contributed by atoms with Gasteiger partial charge in [0.25, 0.3) is 5.91 Å². The molecule has 1 amide bonds. The van der Waals surface area contributed by atoms with Gasteiger partial charge in [-0.15, -0.1) is 0 Å². The van der Waals surface area contributed by atoms with Gasteiger partial charge in [-0.25, -0.2) is 4.98 Å². The van der Waals surface area contributed by atoms with Gasteiger partial charge in [-0.3, -0.25) is 9.69 Å². The van der Waals surface area contributed by atoms with E-state index in [2.05, 4.69) is 22.0 Å². The van der Waals surface area contributed by atoms with Crippen LogP contribution < -0.4 is 0 Å². The first kappa shape index (κ1) is 14.8. The second-order valence-corrected chi connectivity index (χ2v) is 5.61. The molecule has 1 aliphatic rings. The molecule has 0 aromatic carbocycles. The molecule has 1 atom stereocenters. The van der Waals surface area contributed by atoms with Crippen LogP contribution in [-0.4, -0.2) is 56.6 Å². The minimum absolute atomic E-state index is 0.0770. The smallest absolute Gasteiger partial charge is 0.276 e. The second-order valence-electron chi connectivity index (χ2n) is 5.61. The van der Waals surface area contributed by atoms with Crippen molar-refractivity contribution in [2.45, 2.75) is 19.9 Å². The lowest BCUT2D eigenvalue weighted by Crippen LogP contribution is -2.51. The summed E-state index contributed by atoms with van der Waals surface area (Å²) in [4.78, 5) is 21.2. The van der Waals surface area contributed by atoms with Crippen molar-refractivity contribution in [2.24, 2.45) is 7.05 Å². The van der Waals surface area contributed by atoms with Crippen LogP contribution in [0.4, 0.5) is 0 Å². The quantitative estimate of drug-likeness (QED) is 0.853. The molecule has 2 aromatic heterocycles. The fourth-order valence-corrected chi connectivity index (χ4v) is 2.96. The maximum atomic E-state index is 12.6. The van der Waals surface area contributed by atoms with Gasteiger partial charge >= 0.3 is 0 Å². The molecule has 0 bridgehead atoms. The van der Waals surface area contributed by atoms with Gasteiger partial charge < -0.3 is 14.0 Å². The van der Waals surface area contributed by atoms with E-state index in [0.29, 0.717) is 24.5 Å². The summed E-state index contributed by atoms with van der Waals surface area (Å²) in [5.41, 5.74) is 0.376. The maximum absolute atomic E-state index is 12.6. The molecule has 2 aromatic rings. The van der Waals surface area contributed by atoms with E-state index in [1.165, 1.54) is 0 Å². The average Bonchev–Trinajstić information content (AvgIpc) is 3.14. The van der Waals surface area contributed by atoms with Crippen molar-refractivity contribution in [3.63, 3.8) is 0 Å². The normalized spacial score (nSPS) is 19.6. The molecule has 7 nitrogen and oxygen atoms in total. The van der Waals surface area contributed by atoms with Crippen LogP contribution in [0.2, 0.25) is 0 Å². The lowest BCUT2D eigenvalue weighted by molar-refractivity contribution is 0.0464. The van der Waals surface area contributed by atoms with Crippen LogP contribution in [0.25, 0.3) is 0 Å². The van der Waals surface area contributed by atoms with Crippen LogP contribution in [-0.2, 0) is 7.05 Å². The molecule has 0 unspecified atom stereocenters. The Morgan fingerprint density at radius 1 is 1.45 bits per heavy atom. The van der Waals surface area contributed by atoms with Crippen molar-refractivity contribution in [1.82, 2.24) is 24.5 Å². The molecule has 0 radical (unpaired) electrons. The minimum Gasteiger partial charge on any atom is -0.361 e. The summed E-state index contributed by atoms with van der Waals surface area (Å²) in [5.74, 6) is 1.55. The Balaban J connectivity index is 1.81. The van der Waals surface area contributed by atoms with Gasteiger partial charge in [0.2, 0.25) is 0 Å². The molecule has 118 valence electrons. The summed E-state index contributed by atoms with van der Waals surface area (Å²) in [7, 11) is 1.98. The number of piperazine rings is 1. The third kappa shape index (κ3) is 2.64. The second kappa shape index (κ2) is 5.92. The van der Waals surface area contributed by atoms with Gasteiger partial charge in [0.05, 0.1) is 6.04 Å². The van der Waals surface area contributed by atoms with E-state index in [-0.39, 0.29) is 11.9 Å². The zero-order valence-corrected chi connectivity index (χ0v) is 13.2. The number of rotatable bonds is 3. The third-order valence-electron chi connectivity index (χ3n) is 4.19. The number of imidazole rings is 1. The number of hydrogen-bond donors (Lipinski definition) is 0. The highest BCUT2D eigenvalue weighted by Crippen LogP contribution is 2.24. The van der Waals surface area contributed by atoms with Crippen molar-refractivity contribution in [2.75, 3.05) is 26.2 Å². The summed E-state index contributed by atoms with van der Waals surface area (Å²) in [6.07, 6.45) is 3.73. The molecule has 0 spiro atoms. The Kier molecular flexibility index (Phi) is 3.98. The van der Waals surface area contributed by atoms with E-state index in [0.717, 1.165) is 18.9 Å². The number of carbonyl (C=O) groups excluding carboxylic acids is 1. The van der Waals surface area contributed by atoms with E-state index in [1.54, 1.807) is 19.2 Å². The van der Waals surface area contributed by atoms with Crippen LogP contribution in [0.3, 0.4) is 0 Å². The summed E-state index contributed by atoms with van der Waals surface area (Å²) >= 11 is 0. The standard InChI is InChI=1S/C15H21N5O2/c1-4-19-7-8-20(15(21)12-9-11(2)22-17-12)10-13(19)14-16-5-6-18(14)3/h5-6,9,13H,4,7-8,10H2,1-3H3/t13-/m1/s1. The molecule has 0 N–H and O–H groups in total. The Morgan fingerprint density at radius 2 is 2.27 bits per heavy atom. The van der Waals surface area contributed by atoms with E-state index < -0.39 is 0 Å². The SMILES string of the molecule is CCN1CCN(C(=O)c2cc(C)on2)C[C@@H]1c1nccn1C. The molecular weight excluding hydrogens is 282 g/mol. The van der Waals surface area contributed by atoms with E-state index in [1.807, 2.05) is 22.7 Å². The van der Waals surface area contributed by atoms with Gasteiger partial charge in [-0.1, -0.05) is 12.1 Å². The van der Waals surface area contributed by atoms with Gasteiger partial charge in [0, 0.05) is 45.1 Å². The zero-order chi connectivity index (χ0) is 15.7. The minimum atomic E-state index is -0.0770. The van der Waals surface area contributed by atoms with Gasteiger partial charge in [0.1, 0.15) is 11.6 Å². The summed E-state index contributed by atoms with van der Waals surface area (Å²) in [6.45, 7) is 6.99. The fraction of sp³-hybridized carbons (Fsp3) is 0.533. The number of nitrogens with zero attached hydrogens (tertiary/aromatic N) is 5. The maximum Gasteiger partial charge on any atom is 0.276 e. The third-order valence-corrected chi connectivity index (χ3v) is 4.19. The molecule has 1 saturated heterocycles. The van der Waals surface area contributed by atoms with Crippen molar-refractivity contribution < 1.29 is 9.32 Å². The van der Waals surface area contributed by atoms with Crippen molar-refractivity contribution in [1.29, 1.82) is 0 Å². The summed E-state index contributed by atoms with van der Waals surface area (Å²) in [5, 5.41) is 3.83. The molecule has 0 aliphatic carbocycles. The van der Waals surface area contributed by atoms with Gasteiger partial charge in [0.15, 0.2) is 5.69 Å². The first-order chi connectivity index (χ1) is 10.6. The fourth-order valence-electron chi connectivity index (χ4n) is 2.96. The Bertz CT molecular complexity index is 662. The molecular formula is C15H21N5O2. The number of aryl methyl sites for hydroxylation is 2. The Hall–Kier alpha value is -2.15. The van der Waals surface area contributed by atoms with Gasteiger partial charge in [-0.05, 0) is 13.5 Å². The summed E-state index contributed by atoms with van der Waals surface area (Å²) < 4.78 is 7.03. The van der Waals surface area contributed by atoms with Crippen LogP contribution in [0.15, 0.2) is 23.0 Å². The van der Waals surface area contributed by atoms with E-state index in [4.69, 9.17) is 4.52 Å². The van der Waals surface area contributed by atoms with Crippen molar-refractivity contribution >= 4 is 5.91 Å². The first-order valence-corrected chi connectivity index (χ1v) is 7.54. The zero-order valence-electron chi connectivity index (χ0n) is 13.2. The number of likely N-dealkylation sites (N-methyl/N-ethyl adjacent to an activating group) is 1. The summed E-state index contributed by atoms with van der Waals surface area (Å²) in [6, 6.07) is 1.79. The molecule has 3 heterocycles. The average molecular weight is 303 g/mol. The predicted octanol–water partition coefficient (Wildman–Crippen LogP) is 1.24. The monoisotopic (exact) mass is 303 g/mol.